The van der Waals surface area contributed by atoms with Crippen LogP contribution in [-0.4, -0.2) is 36.2 Å². The Morgan fingerprint density at radius 2 is 2.30 bits per heavy atom. The SMILES string of the molecule is COC(=O)N1CC=C(c2c[nH]c3ccc(Cl)cc23)CC1. The highest BCUT2D eigenvalue weighted by atomic mass is 35.5. The number of carbonyl (C=O) groups excluding carboxylic acids is 1. The van der Waals surface area contributed by atoms with Gasteiger partial charge in [-0.3, -0.25) is 0 Å². The minimum atomic E-state index is -0.276. The number of ether oxygens (including phenoxy) is 1. The number of benzene rings is 1. The monoisotopic (exact) mass is 290 g/mol. The minimum Gasteiger partial charge on any atom is -0.453 e. The van der Waals surface area contributed by atoms with Crippen molar-refractivity contribution in [1.82, 2.24) is 9.88 Å². The molecule has 104 valence electrons. The second-order valence-electron chi connectivity index (χ2n) is 4.79. The molecular formula is C15H15ClN2O2. The third-order valence-electron chi connectivity index (χ3n) is 3.63. The maximum Gasteiger partial charge on any atom is 0.409 e. The quantitative estimate of drug-likeness (QED) is 0.871. The Kier molecular flexibility index (Phi) is 3.40. The molecule has 1 N–H and O–H groups in total. The van der Waals surface area contributed by atoms with Crippen molar-refractivity contribution in [2.75, 3.05) is 20.2 Å². The molecule has 0 saturated carbocycles. The summed E-state index contributed by atoms with van der Waals surface area (Å²) in [5, 5.41) is 1.85. The first kappa shape index (κ1) is 13.1. The molecule has 0 unspecified atom stereocenters. The van der Waals surface area contributed by atoms with Gasteiger partial charge in [-0.1, -0.05) is 17.7 Å². The van der Waals surface area contributed by atoms with E-state index < -0.39 is 0 Å². The van der Waals surface area contributed by atoms with Crippen LogP contribution in [0.3, 0.4) is 0 Å². The fourth-order valence-corrected chi connectivity index (χ4v) is 2.74. The summed E-state index contributed by atoms with van der Waals surface area (Å²) in [7, 11) is 1.41. The average Bonchev–Trinajstić information content (AvgIpc) is 2.89. The lowest BCUT2D eigenvalue weighted by Crippen LogP contribution is -2.34. The van der Waals surface area contributed by atoms with E-state index in [0.717, 1.165) is 27.9 Å². The summed E-state index contributed by atoms with van der Waals surface area (Å²) in [6.45, 7) is 1.25. The molecule has 2 heterocycles. The summed E-state index contributed by atoms with van der Waals surface area (Å²) in [5.41, 5.74) is 3.46. The van der Waals surface area contributed by atoms with Gasteiger partial charge in [-0.25, -0.2) is 4.79 Å². The number of rotatable bonds is 1. The van der Waals surface area contributed by atoms with E-state index >= 15 is 0 Å². The number of methoxy groups -OCH3 is 1. The smallest absolute Gasteiger partial charge is 0.409 e. The van der Waals surface area contributed by atoms with Gasteiger partial charge in [0.15, 0.2) is 0 Å². The Balaban J connectivity index is 1.91. The lowest BCUT2D eigenvalue weighted by molar-refractivity contribution is 0.128. The van der Waals surface area contributed by atoms with Crippen LogP contribution in [0.5, 0.6) is 0 Å². The number of nitrogens with zero attached hydrogens (tertiary/aromatic N) is 1. The first-order valence-electron chi connectivity index (χ1n) is 6.48. The molecule has 0 bridgehead atoms. The molecule has 3 rings (SSSR count). The summed E-state index contributed by atoms with van der Waals surface area (Å²) in [4.78, 5) is 16.4. The summed E-state index contributed by atoms with van der Waals surface area (Å²) in [5.74, 6) is 0. The van der Waals surface area contributed by atoms with Crippen molar-refractivity contribution in [3.05, 3.63) is 41.1 Å². The molecule has 1 aliphatic heterocycles. The number of carbonyl (C=O) groups is 1. The average molecular weight is 291 g/mol. The largest absolute Gasteiger partial charge is 0.453 e. The van der Waals surface area contributed by atoms with Crippen LogP contribution < -0.4 is 0 Å². The predicted molar refractivity (Wildman–Crippen MR) is 79.9 cm³/mol. The van der Waals surface area contributed by atoms with Gasteiger partial charge in [0.25, 0.3) is 0 Å². The standard InChI is InChI=1S/C15H15ClN2O2/c1-20-15(19)18-6-4-10(5-7-18)13-9-17-14-3-2-11(16)8-12(13)14/h2-4,8-9,17H,5-7H2,1H3. The van der Waals surface area contributed by atoms with Crippen molar-refractivity contribution in [3.63, 3.8) is 0 Å². The van der Waals surface area contributed by atoms with Gasteiger partial charge in [0.1, 0.15) is 0 Å². The van der Waals surface area contributed by atoms with Gasteiger partial charge >= 0.3 is 6.09 Å². The van der Waals surface area contributed by atoms with Crippen LogP contribution >= 0.6 is 11.6 Å². The number of aromatic amines is 1. The van der Waals surface area contributed by atoms with Crippen LogP contribution in [0.2, 0.25) is 5.02 Å². The van der Waals surface area contributed by atoms with Crippen molar-refractivity contribution in [3.8, 4) is 0 Å². The molecule has 20 heavy (non-hydrogen) atoms. The summed E-state index contributed by atoms with van der Waals surface area (Å²) in [6, 6.07) is 5.82. The van der Waals surface area contributed by atoms with E-state index in [-0.39, 0.29) is 6.09 Å². The second kappa shape index (κ2) is 5.21. The molecule has 0 spiro atoms. The maximum atomic E-state index is 11.5. The van der Waals surface area contributed by atoms with Gasteiger partial charge in [-0.2, -0.15) is 0 Å². The molecule has 0 fully saturated rings. The number of amides is 1. The Morgan fingerprint density at radius 1 is 1.45 bits per heavy atom. The molecule has 0 saturated heterocycles. The van der Waals surface area contributed by atoms with Crippen LogP contribution in [0.15, 0.2) is 30.5 Å². The van der Waals surface area contributed by atoms with Crippen LogP contribution in [-0.2, 0) is 4.74 Å². The first-order valence-corrected chi connectivity index (χ1v) is 6.86. The van der Waals surface area contributed by atoms with E-state index in [1.54, 1.807) is 4.90 Å². The Hall–Kier alpha value is -1.94. The van der Waals surface area contributed by atoms with Crippen molar-refractivity contribution < 1.29 is 9.53 Å². The van der Waals surface area contributed by atoms with Gasteiger partial charge in [0.05, 0.1) is 7.11 Å². The van der Waals surface area contributed by atoms with Gasteiger partial charge in [0.2, 0.25) is 0 Å². The molecule has 0 radical (unpaired) electrons. The van der Waals surface area contributed by atoms with E-state index in [4.69, 9.17) is 16.3 Å². The van der Waals surface area contributed by atoms with E-state index in [1.807, 2.05) is 24.4 Å². The number of nitrogens with one attached hydrogen (secondary N) is 1. The van der Waals surface area contributed by atoms with Crippen LogP contribution in [0.25, 0.3) is 16.5 Å². The summed E-state index contributed by atoms with van der Waals surface area (Å²) in [6.07, 6.45) is 4.61. The van der Waals surface area contributed by atoms with Crippen molar-refractivity contribution >= 4 is 34.2 Å². The van der Waals surface area contributed by atoms with Gasteiger partial charge < -0.3 is 14.6 Å². The van der Waals surface area contributed by atoms with E-state index in [2.05, 4.69) is 11.1 Å². The molecule has 1 aliphatic rings. The zero-order valence-corrected chi connectivity index (χ0v) is 11.9. The molecule has 2 aromatic rings. The second-order valence-corrected chi connectivity index (χ2v) is 5.22. The predicted octanol–water partition coefficient (Wildman–Crippen LogP) is 3.68. The number of hydrogen-bond acceptors (Lipinski definition) is 2. The number of fused-ring (bicyclic) bond motifs is 1. The highest BCUT2D eigenvalue weighted by Gasteiger charge is 2.19. The highest BCUT2D eigenvalue weighted by Crippen LogP contribution is 2.30. The topological polar surface area (TPSA) is 45.3 Å². The Bertz CT molecular complexity index is 690. The van der Waals surface area contributed by atoms with Gasteiger partial charge in [0, 0.05) is 40.8 Å². The fourth-order valence-electron chi connectivity index (χ4n) is 2.57. The molecule has 5 heteroatoms. The molecule has 0 aliphatic carbocycles. The van der Waals surface area contributed by atoms with Crippen LogP contribution in [0, 0.1) is 0 Å². The van der Waals surface area contributed by atoms with Crippen LogP contribution in [0.4, 0.5) is 4.79 Å². The third-order valence-corrected chi connectivity index (χ3v) is 3.87. The molecule has 1 amide bonds. The zero-order chi connectivity index (χ0) is 14.1. The number of H-pyrrole nitrogens is 1. The molecule has 4 nitrogen and oxygen atoms in total. The highest BCUT2D eigenvalue weighted by molar-refractivity contribution is 6.31. The number of hydrogen-bond donors (Lipinski definition) is 1. The molecule has 0 atom stereocenters. The zero-order valence-electron chi connectivity index (χ0n) is 11.1. The number of halogens is 1. The van der Waals surface area contributed by atoms with Gasteiger partial charge in [-0.05, 0) is 30.2 Å². The van der Waals surface area contributed by atoms with Crippen molar-refractivity contribution in [2.45, 2.75) is 6.42 Å². The normalized spacial score (nSPS) is 15.3. The fraction of sp³-hybridized carbons (Fsp3) is 0.267. The molecular weight excluding hydrogens is 276 g/mol. The molecule has 1 aromatic heterocycles. The lowest BCUT2D eigenvalue weighted by Gasteiger charge is -2.25. The number of aromatic nitrogens is 1. The van der Waals surface area contributed by atoms with E-state index in [0.29, 0.717) is 13.1 Å². The summed E-state index contributed by atoms with van der Waals surface area (Å²) >= 11 is 6.07. The van der Waals surface area contributed by atoms with Crippen molar-refractivity contribution in [1.29, 1.82) is 0 Å². The Labute approximate surface area is 122 Å². The first-order chi connectivity index (χ1) is 9.69. The third kappa shape index (κ3) is 2.27. The van der Waals surface area contributed by atoms with Crippen molar-refractivity contribution in [2.24, 2.45) is 0 Å². The maximum absolute atomic E-state index is 11.5. The molecule has 1 aromatic carbocycles. The Morgan fingerprint density at radius 3 is 3.00 bits per heavy atom. The van der Waals surface area contributed by atoms with E-state index in [1.165, 1.54) is 12.7 Å². The lowest BCUT2D eigenvalue weighted by atomic mass is 9.99. The van der Waals surface area contributed by atoms with Crippen LogP contribution in [0.1, 0.15) is 12.0 Å². The van der Waals surface area contributed by atoms with E-state index in [9.17, 15) is 4.79 Å². The summed E-state index contributed by atoms with van der Waals surface area (Å²) < 4.78 is 4.74. The van der Waals surface area contributed by atoms with Gasteiger partial charge in [-0.15, -0.1) is 0 Å². The minimum absolute atomic E-state index is 0.276.